The summed E-state index contributed by atoms with van der Waals surface area (Å²) in [6, 6.07) is 16.5. The molecule has 0 bridgehead atoms. The molecule has 0 aliphatic carbocycles. The molecule has 1 aliphatic rings. The van der Waals surface area contributed by atoms with Crippen molar-refractivity contribution in [3.63, 3.8) is 0 Å². The lowest BCUT2D eigenvalue weighted by Crippen LogP contribution is -2.32. The maximum absolute atomic E-state index is 13.2. The highest BCUT2D eigenvalue weighted by Crippen LogP contribution is 2.40. The van der Waals surface area contributed by atoms with E-state index in [-0.39, 0.29) is 5.91 Å². The minimum Gasteiger partial charge on any atom is -0.497 e. The first-order valence-corrected chi connectivity index (χ1v) is 9.66. The summed E-state index contributed by atoms with van der Waals surface area (Å²) >= 11 is 0. The topological polar surface area (TPSA) is 72.9 Å². The standard InChI is InChI=1S/C23H23N3O4/c1-4-30-16-9-7-15(8-10-16)26-22(21-18(23(26)27)6-5-13-24-21)25-19-14-17(28-2)11-12-20(19)29-3/h5-14,22,25H,4H2,1-3H3. The van der Waals surface area contributed by atoms with Crippen LogP contribution in [-0.2, 0) is 0 Å². The van der Waals surface area contributed by atoms with Crippen molar-refractivity contribution in [3.8, 4) is 17.2 Å². The van der Waals surface area contributed by atoms with Crippen LogP contribution in [-0.4, -0.2) is 31.7 Å². The van der Waals surface area contributed by atoms with E-state index < -0.39 is 6.17 Å². The van der Waals surface area contributed by atoms with Gasteiger partial charge in [-0.25, -0.2) is 0 Å². The van der Waals surface area contributed by atoms with Gasteiger partial charge in [0.2, 0.25) is 0 Å². The molecule has 0 fully saturated rings. The largest absolute Gasteiger partial charge is 0.497 e. The molecule has 0 saturated carbocycles. The van der Waals surface area contributed by atoms with E-state index in [1.54, 1.807) is 37.4 Å². The summed E-state index contributed by atoms with van der Waals surface area (Å²) in [7, 11) is 3.21. The number of hydrogen-bond acceptors (Lipinski definition) is 6. The Bertz CT molecular complexity index is 1050. The zero-order valence-electron chi connectivity index (χ0n) is 17.1. The fourth-order valence-electron chi connectivity index (χ4n) is 3.53. The molecule has 154 valence electrons. The number of anilines is 2. The number of aromatic nitrogens is 1. The first-order valence-electron chi connectivity index (χ1n) is 9.66. The molecule has 0 spiro atoms. The summed E-state index contributed by atoms with van der Waals surface area (Å²) in [6.07, 6.45) is 1.18. The normalized spacial score (nSPS) is 15.0. The third-order valence-electron chi connectivity index (χ3n) is 4.93. The van der Waals surface area contributed by atoms with Crippen molar-refractivity contribution in [2.75, 3.05) is 31.0 Å². The van der Waals surface area contributed by atoms with Gasteiger partial charge in [-0.3, -0.25) is 14.7 Å². The van der Waals surface area contributed by atoms with E-state index in [9.17, 15) is 4.79 Å². The molecule has 1 atom stereocenters. The van der Waals surface area contributed by atoms with E-state index in [0.717, 1.165) is 11.4 Å². The lowest BCUT2D eigenvalue weighted by atomic mass is 10.2. The molecule has 1 unspecified atom stereocenters. The number of pyridine rings is 1. The summed E-state index contributed by atoms with van der Waals surface area (Å²) in [5.41, 5.74) is 2.65. The Labute approximate surface area is 175 Å². The van der Waals surface area contributed by atoms with Crippen molar-refractivity contribution >= 4 is 17.3 Å². The van der Waals surface area contributed by atoms with Crippen LogP contribution in [0.3, 0.4) is 0 Å². The molecule has 0 radical (unpaired) electrons. The van der Waals surface area contributed by atoms with Gasteiger partial charge in [-0.1, -0.05) is 0 Å². The summed E-state index contributed by atoms with van der Waals surface area (Å²) in [6.45, 7) is 2.51. The zero-order valence-corrected chi connectivity index (χ0v) is 17.1. The third-order valence-corrected chi connectivity index (χ3v) is 4.93. The van der Waals surface area contributed by atoms with Crippen LogP contribution in [0.15, 0.2) is 60.8 Å². The monoisotopic (exact) mass is 405 g/mol. The van der Waals surface area contributed by atoms with E-state index in [1.165, 1.54) is 0 Å². The van der Waals surface area contributed by atoms with Crippen LogP contribution in [0.2, 0.25) is 0 Å². The van der Waals surface area contributed by atoms with Crippen LogP contribution in [0.5, 0.6) is 17.2 Å². The number of nitrogens with one attached hydrogen (secondary N) is 1. The summed E-state index contributed by atoms with van der Waals surface area (Å²) < 4.78 is 16.4. The fraction of sp³-hybridized carbons (Fsp3) is 0.217. The highest BCUT2D eigenvalue weighted by Gasteiger charge is 2.39. The first-order chi connectivity index (χ1) is 14.7. The maximum Gasteiger partial charge on any atom is 0.262 e. The van der Waals surface area contributed by atoms with Gasteiger partial charge in [0.05, 0.1) is 37.8 Å². The highest BCUT2D eigenvalue weighted by molar-refractivity contribution is 6.11. The predicted molar refractivity (Wildman–Crippen MR) is 115 cm³/mol. The quantitative estimate of drug-likeness (QED) is 0.633. The van der Waals surface area contributed by atoms with Crippen LogP contribution < -0.4 is 24.4 Å². The number of carbonyl (C=O) groups excluding carboxylic acids is 1. The maximum atomic E-state index is 13.2. The highest BCUT2D eigenvalue weighted by atomic mass is 16.5. The van der Waals surface area contributed by atoms with E-state index in [1.807, 2.05) is 49.4 Å². The van der Waals surface area contributed by atoms with Crippen molar-refractivity contribution < 1.29 is 19.0 Å². The van der Waals surface area contributed by atoms with Gasteiger partial charge in [0.15, 0.2) is 6.17 Å². The Morgan fingerprint density at radius 3 is 2.50 bits per heavy atom. The number of ether oxygens (including phenoxy) is 3. The molecule has 30 heavy (non-hydrogen) atoms. The molecule has 0 saturated heterocycles. The van der Waals surface area contributed by atoms with E-state index in [0.29, 0.717) is 35.1 Å². The van der Waals surface area contributed by atoms with E-state index >= 15 is 0 Å². The molecule has 7 nitrogen and oxygen atoms in total. The zero-order chi connectivity index (χ0) is 21.1. The average Bonchev–Trinajstić information content (AvgIpc) is 3.06. The van der Waals surface area contributed by atoms with Crippen LogP contribution in [0.25, 0.3) is 0 Å². The van der Waals surface area contributed by atoms with Crippen molar-refractivity contribution in [1.82, 2.24) is 4.98 Å². The summed E-state index contributed by atoms with van der Waals surface area (Å²) in [5, 5.41) is 3.42. The molecule has 2 aromatic carbocycles. The van der Waals surface area contributed by atoms with Crippen molar-refractivity contribution in [2.24, 2.45) is 0 Å². The number of benzene rings is 2. The van der Waals surface area contributed by atoms with Gasteiger partial charge < -0.3 is 19.5 Å². The van der Waals surface area contributed by atoms with E-state index in [4.69, 9.17) is 14.2 Å². The Balaban J connectivity index is 1.75. The average molecular weight is 405 g/mol. The second-order valence-corrected chi connectivity index (χ2v) is 6.65. The Hall–Kier alpha value is -3.74. The number of hydrogen-bond donors (Lipinski definition) is 1. The van der Waals surface area contributed by atoms with Gasteiger partial charge >= 0.3 is 0 Å². The number of amides is 1. The molecule has 3 aromatic rings. The molecular formula is C23H23N3O4. The number of rotatable bonds is 7. The molecule has 1 amide bonds. The fourth-order valence-corrected chi connectivity index (χ4v) is 3.53. The van der Waals surface area contributed by atoms with Gasteiger partial charge in [0, 0.05) is 18.0 Å². The number of carbonyl (C=O) groups is 1. The van der Waals surface area contributed by atoms with Gasteiger partial charge in [-0.15, -0.1) is 0 Å². The Kier molecular flexibility index (Phi) is 5.43. The van der Waals surface area contributed by atoms with Crippen molar-refractivity contribution in [3.05, 3.63) is 72.1 Å². The molecule has 2 heterocycles. The van der Waals surface area contributed by atoms with Gasteiger partial charge in [-0.05, 0) is 55.5 Å². The number of nitrogens with zero attached hydrogens (tertiary/aromatic N) is 2. The molecular weight excluding hydrogens is 382 g/mol. The minimum absolute atomic E-state index is 0.123. The van der Waals surface area contributed by atoms with Crippen molar-refractivity contribution in [2.45, 2.75) is 13.1 Å². The molecule has 1 aliphatic heterocycles. The SMILES string of the molecule is CCOc1ccc(N2C(=O)c3cccnc3C2Nc2cc(OC)ccc2OC)cc1. The molecule has 1 N–H and O–H groups in total. The van der Waals surface area contributed by atoms with E-state index in [2.05, 4.69) is 10.3 Å². The molecule has 1 aromatic heterocycles. The summed E-state index contributed by atoms with van der Waals surface area (Å²) in [4.78, 5) is 19.4. The molecule has 7 heteroatoms. The lowest BCUT2D eigenvalue weighted by molar-refractivity contribution is 0.0993. The Morgan fingerprint density at radius 2 is 1.80 bits per heavy atom. The number of methoxy groups -OCH3 is 2. The molecule has 4 rings (SSSR count). The van der Waals surface area contributed by atoms with Gasteiger partial charge in [0.1, 0.15) is 17.2 Å². The minimum atomic E-state index is -0.507. The Morgan fingerprint density at radius 1 is 1.03 bits per heavy atom. The second-order valence-electron chi connectivity index (χ2n) is 6.65. The van der Waals surface area contributed by atoms with Crippen LogP contribution in [0, 0.1) is 0 Å². The van der Waals surface area contributed by atoms with Gasteiger partial charge in [0.25, 0.3) is 5.91 Å². The van der Waals surface area contributed by atoms with Crippen molar-refractivity contribution in [1.29, 1.82) is 0 Å². The van der Waals surface area contributed by atoms with Crippen LogP contribution >= 0.6 is 0 Å². The smallest absolute Gasteiger partial charge is 0.262 e. The number of fused-ring (bicyclic) bond motifs is 1. The van der Waals surface area contributed by atoms with Crippen LogP contribution in [0.1, 0.15) is 29.1 Å². The predicted octanol–water partition coefficient (Wildman–Crippen LogP) is 4.27. The van der Waals surface area contributed by atoms with Crippen LogP contribution in [0.4, 0.5) is 11.4 Å². The first kappa shape index (κ1) is 19.6. The van der Waals surface area contributed by atoms with Gasteiger partial charge in [-0.2, -0.15) is 0 Å². The third kappa shape index (κ3) is 3.50. The second kappa shape index (κ2) is 8.32. The lowest BCUT2D eigenvalue weighted by Gasteiger charge is -2.27. The summed E-state index contributed by atoms with van der Waals surface area (Å²) in [5.74, 6) is 1.94.